The number of para-hydroxylation sites is 1. The maximum Gasteiger partial charge on any atom is 0.165 e. The van der Waals surface area contributed by atoms with Crippen LogP contribution in [-0.2, 0) is 10.8 Å². The molecule has 2 aliphatic carbocycles. The lowest BCUT2D eigenvalue weighted by molar-refractivity contribution is 0.660. The van der Waals surface area contributed by atoms with Gasteiger partial charge in [0.05, 0.1) is 5.41 Å². The quantitative estimate of drug-likeness (QED) is 0.160. The van der Waals surface area contributed by atoms with Gasteiger partial charge in [0.2, 0.25) is 0 Å². The van der Waals surface area contributed by atoms with E-state index in [1.807, 2.05) is 12.1 Å². The highest BCUT2D eigenvalue weighted by Gasteiger charge is 2.46. The van der Waals surface area contributed by atoms with Crippen LogP contribution in [0.1, 0.15) is 47.2 Å². The van der Waals surface area contributed by atoms with Crippen LogP contribution in [0.3, 0.4) is 0 Å². The van der Waals surface area contributed by atoms with Crippen LogP contribution in [0.5, 0.6) is 0 Å². The van der Waals surface area contributed by atoms with Crippen molar-refractivity contribution in [1.29, 1.82) is 0 Å². The molecule has 2 aromatic heterocycles. The van der Waals surface area contributed by atoms with Crippen LogP contribution in [0.15, 0.2) is 241 Å². The van der Waals surface area contributed by atoms with Crippen molar-refractivity contribution >= 4 is 21.9 Å². The predicted octanol–water partition coefficient (Wildman–Crippen LogP) is 16.8. The van der Waals surface area contributed by atoms with Crippen molar-refractivity contribution in [3.63, 3.8) is 0 Å². The third kappa shape index (κ3) is 6.21. The number of hydrogen-bond acceptors (Lipinski definition) is 4. The summed E-state index contributed by atoms with van der Waals surface area (Å²) in [5.74, 6) is 1.77. The molecule has 0 spiro atoms. The van der Waals surface area contributed by atoms with Crippen LogP contribution in [0.2, 0.25) is 0 Å². The first kappa shape index (κ1) is 41.0. The number of fused-ring (bicyclic) bond motifs is 9. The number of nitrogens with zero attached hydrogens (tertiary/aromatic N) is 3. The van der Waals surface area contributed by atoms with Crippen molar-refractivity contribution in [3.05, 3.63) is 270 Å². The number of benzene rings is 10. The van der Waals surface area contributed by atoms with Gasteiger partial charge in [-0.3, -0.25) is 0 Å². The fraction of sp³-hybridized carbons (Fsp3) is 0.0597. The smallest absolute Gasteiger partial charge is 0.165 e. The molecule has 0 saturated heterocycles. The first-order chi connectivity index (χ1) is 34.9. The molecule has 0 aliphatic heterocycles. The summed E-state index contributed by atoms with van der Waals surface area (Å²) in [7, 11) is 0. The van der Waals surface area contributed by atoms with E-state index in [4.69, 9.17) is 19.4 Å². The van der Waals surface area contributed by atoms with E-state index in [0.717, 1.165) is 66.4 Å². The molecule has 12 aromatic rings. The molecule has 0 amide bonds. The molecule has 0 atom stereocenters. The molecule has 0 unspecified atom stereocenters. The molecular weight excluding hydrogens is 863 g/mol. The summed E-state index contributed by atoms with van der Waals surface area (Å²) in [6.45, 7) is 4.64. The van der Waals surface area contributed by atoms with Gasteiger partial charge in [-0.2, -0.15) is 0 Å². The molecule has 0 saturated carbocycles. The van der Waals surface area contributed by atoms with E-state index < -0.39 is 5.41 Å². The molecule has 0 radical (unpaired) electrons. The van der Waals surface area contributed by atoms with Crippen LogP contribution in [0, 0.1) is 0 Å². The molecule has 334 valence electrons. The van der Waals surface area contributed by atoms with Crippen molar-refractivity contribution in [3.8, 4) is 78.7 Å². The average molecular weight is 908 g/mol. The zero-order valence-electron chi connectivity index (χ0n) is 39.3. The summed E-state index contributed by atoms with van der Waals surface area (Å²) in [6, 6.07) is 85.0. The third-order valence-corrected chi connectivity index (χ3v) is 15.2. The van der Waals surface area contributed by atoms with Crippen LogP contribution >= 0.6 is 0 Å². The molecule has 0 fully saturated rings. The van der Waals surface area contributed by atoms with E-state index in [2.05, 4.69) is 238 Å². The highest BCUT2D eigenvalue weighted by atomic mass is 16.3. The van der Waals surface area contributed by atoms with Crippen LogP contribution < -0.4 is 0 Å². The van der Waals surface area contributed by atoms with Gasteiger partial charge in [0.25, 0.3) is 0 Å². The number of hydrogen-bond donors (Lipinski definition) is 0. The van der Waals surface area contributed by atoms with Crippen LogP contribution in [0.25, 0.3) is 101 Å². The maximum absolute atomic E-state index is 6.64. The molecule has 0 N–H and O–H groups in total. The third-order valence-electron chi connectivity index (χ3n) is 15.2. The van der Waals surface area contributed by atoms with Crippen molar-refractivity contribution < 1.29 is 4.42 Å². The van der Waals surface area contributed by atoms with E-state index in [-0.39, 0.29) is 5.41 Å². The van der Waals surface area contributed by atoms with Gasteiger partial charge >= 0.3 is 0 Å². The average Bonchev–Trinajstić information content (AvgIpc) is 4.05. The standard InChI is InChI=1S/C67H45N3O/c1-66(2)55-31-13-9-27-50(55)53-36-35-46(41-58(53)66)64-68-63(45-23-18-26-48(40-45)67(47-24-7-4-8-25-47)56-32-14-10-28-51(56)52-29-11-15-33-57(52)67)69-65(70-64)62-49(37-38-60-61(62)54-30-12-16-34-59(54)71-60)44-22-17-21-43(39-44)42-19-5-3-6-20-42/h3-41H,1-2H3. The maximum atomic E-state index is 6.64. The first-order valence-corrected chi connectivity index (χ1v) is 24.4. The van der Waals surface area contributed by atoms with Gasteiger partial charge in [-0.1, -0.05) is 214 Å². The molecule has 2 aliphatic rings. The van der Waals surface area contributed by atoms with E-state index in [1.54, 1.807) is 0 Å². The van der Waals surface area contributed by atoms with Crippen molar-refractivity contribution in [1.82, 2.24) is 15.0 Å². The molecule has 4 nitrogen and oxygen atoms in total. The fourth-order valence-electron chi connectivity index (χ4n) is 12.0. The topological polar surface area (TPSA) is 51.8 Å². The lowest BCUT2D eigenvalue weighted by Crippen LogP contribution is -2.28. The summed E-state index contributed by atoms with van der Waals surface area (Å²) in [6.07, 6.45) is 0. The second-order valence-electron chi connectivity index (χ2n) is 19.4. The van der Waals surface area contributed by atoms with E-state index >= 15 is 0 Å². The van der Waals surface area contributed by atoms with E-state index in [9.17, 15) is 0 Å². The Morgan fingerprint density at radius 2 is 0.845 bits per heavy atom. The fourth-order valence-corrected chi connectivity index (χ4v) is 12.0. The summed E-state index contributed by atoms with van der Waals surface area (Å²) >= 11 is 0. The summed E-state index contributed by atoms with van der Waals surface area (Å²) in [5, 5.41) is 1.97. The summed E-state index contributed by atoms with van der Waals surface area (Å²) < 4.78 is 6.64. The highest BCUT2D eigenvalue weighted by Crippen LogP contribution is 2.56. The Hall–Kier alpha value is -8.99. The van der Waals surface area contributed by atoms with Crippen molar-refractivity contribution in [2.24, 2.45) is 0 Å². The molecule has 0 bridgehead atoms. The van der Waals surface area contributed by atoms with Crippen LogP contribution in [-0.4, -0.2) is 15.0 Å². The number of furan rings is 1. The Kier molecular flexibility index (Phi) is 9.12. The second-order valence-corrected chi connectivity index (χ2v) is 19.4. The SMILES string of the molecule is CC1(C)c2ccccc2-c2ccc(-c3nc(-c4cccc(C5(c6ccccc6)c6ccccc6-c6ccccc65)c4)nc(-c4c(-c5cccc(-c6ccccc6)c5)ccc5oc6ccccc6c45)n3)cc21. The Bertz CT molecular complexity index is 4050. The largest absolute Gasteiger partial charge is 0.456 e. The van der Waals surface area contributed by atoms with Crippen molar-refractivity contribution in [2.75, 3.05) is 0 Å². The second kappa shape index (κ2) is 15.8. The molecule has 4 heteroatoms. The normalized spacial score (nSPS) is 13.7. The minimum atomic E-state index is -0.595. The summed E-state index contributed by atoms with van der Waals surface area (Å²) in [4.78, 5) is 16.7. The molecule has 71 heavy (non-hydrogen) atoms. The number of aromatic nitrogens is 3. The zero-order chi connectivity index (χ0) is 47.3. The monoisotopic (exact) mass is 907 g/mol. The molecule has 2 heterocycles. The Labute approximate surface area is 412 Å². The summed E-state index contributed by atoms with van der Waals surface area (Å²) in [5.41, 5.74) is 20.3. The first-order valence-electron chi connectivity index (χ1n) is 24.4. The Morgan fingerprint density at radius 3 is 1.59 bits per heavy atom. The Balaban J connectivity index is 1.04. The molecule has 10 aromatic carbocycles. The van der Waals surface area contributed by atoms with Gasteiger partial charge in [0, 0.05) is 32.9 Å². The minimum Gasteiger partial charge on any atom is -0.456 e. The van der Waals surface area contributed by atoms with Gasteiger partial charge in [0.15, 0.2) is 17.5 Å². The highest BCUT2D eigenvalue weighted by molar-refractivity contribution is 6.15. The van der Waals surface area contributed by atoms with Gasteiger partial charge in [-0.05, 0) is 114 Å². The van der Waals surface area contributed by atoms with E-state index in [0.29, 0.717) is 17.5 Å². The molecular formula is C67H45N3O. The lowest BCUT2D eigenvalue weighted by Gasteiger charge is -2.34. The molecule has 14 rings (SSSR count). The zero-order valence-corrected chi connectivity index (χ0v) is 39.3. The van der Waals surface area contributed by atoms with Crippen LogP contribution in [0.4, 0.5) is 0 Å². The van der Waals surface area contributed by atoms with Gasteiger partial charge in [0.1, 0.15) is 11.2 Å². The van der Waals surface area contributed by atoms with E-state index in [1.165, 1.54) is 50.1 Å². The number of rotatable bonds is 7. The minimum absolute atomic E-state index is 0.215. The van der Waals surface area contributed by atoms with Gasteiger partial charge in [-0.15, -0.1) is 0 Å². The Morgan fingerprint density at radius 1 is 0.324 bits per heavy atom. The lowest BCUT2D eigenvalue weighted by atomic mass is 9.67. The van der Waals surface area contributed by atoms with Gasteiger partial charge < -0.3 is 4.42 Å². The predicted molar refractivity (Wildman–Crippen MR) is 289 cm³/mol. The van der Waals surface area contributed by atoms with Gasteiger partial charge in [-0.25, -0.2) is 15.0 Å². The van der Waals surface area contributed by atoms with Crippen molar-refractivity contribution in [2.45, 2.75) is 24.7 Å².